The molecule has 0 heterocycles. The molecule has 1 atom stereocenters. The summed E-state index contributed by atoms with van der Waals surface area (Å²) in [4.78, 5) is 13.3. The molecule has 4 heteroatoms. The minimum atomic E-state index is -0.600. The highest BCUT2D eigenvalue weighted by Gasteiger charge is 2.39. The first-order valence-corrected chi connectivity index (χ1v) is 7.75. The number of benzene rings is 1. The van der Waals surface area contributed by atoms with Crippen molar-refractivity contribution in [2.24, 2.45) is 0 Å². The summed E-state index contributed by atoms with van der Waals surface area (Å²) in [5.41, 5.74) is -0.600. The van der Waals surface area contributed by atoms with E-state index in [4.69, 9.17) is 4.74 Å². The number of ether oxygens (including phenoxy) is 1. The van der Waals surface area contributed by atoms with Gasteiger partial charge in [0.25, 0.3) is 0 Å². The maximum absolute atomic E-state index is 12.2. The molecule has 104 valence electrons. The summed E-state index contributed by atoms with van der Waals surface area (Å²) in [7, 11) is 0. The van der Waals surface area contributed by atoms with Gasteiger partial charge in [-0.1, -0.05) is 18.2 Å². The zero-order valence-electron chi connectivity index (χ0n) is 11.5. The van der Waals surface area contributed by atoms with Gasteiger partial charge in [0.15, 0.2) is 0 Å². The predicted molar refractivity (Wildman–Crippen MR) is 78.4 cm³/mol. The van der Waals surface area contributed by atoms with Crippen LogP contribution in [-0.2, 0) is 9.53 Å². The van der Waals surface area contributed by atoms with E-state index < -0.39 is 5.54 Å². The van der Waals surface area contributed by atoms with Crippen molar-refractivity contribution in [2.45, 2.75) is 43.2 Å². The van der Waals surface area contributed by atoms with Gasteiger partial charge < -0.3 is 4.74 Å². The van der Waals surface area contributed by atoms with E-state index in [1.165, 1.54) is 4.90 Å². The van der Waals surface area contributed by atoms with Gasteiger partial charge in [-0.05, 0) is 38.8 Å². The molecule has 1 N–H and O–H groups in total. The lowest BCUT2D eigenvalue weighted by Gasteiger charge is -2.28. The van der Waals surface area contributed by atoms with Crippen molar-refractivity contribution in [3.05, 3.63) is 30.3 Å². The maximum atomic E-state index is 12.2. The fraction of sp³-hybridized carbons (Fsp3) is 0.533. The molecule has 2 rings (SSSR count). The summed E-state index contributed by atoms with van der Waals surface area (Å²) in [5, 5.41) is 3.43. The number of carbonyl (C=O) groups excluding carboxylic acids is 1. The summed E-state index contributed by atoms with van der Waals surface area (Å²) in [5.74, 6) is 0.539. The Kier molecular flexibility index (Phi) is 4.88. The maximum Gasteiger partial charge on any atom is 0.326 e. The first kappa shape index (κ1) is 14.4. The molecule has 1 fully saturated rings. The highest BCUT2D eigenvalue weighted by atomic mass is 32.2. The Balaban J connectivity index is 1.98. The second kappa shape index (κ2) is 6.44. The Hall–Kier alpha value is -1.00. The number of rotatable bonds is 7. The van der Waals surface area contributed by atoms with Crippen LogP contribution in [0, 0.1) is 0 Å². The zero-order chi connectivity index (χ0) is 13.7. The summed E-state index contributed by atoms with van der Waals surface area (Å²) in [6.45, 7) is 4.22. The quantitative estimate of drug-likeness (QED) is 0.615. The third kappa shape index (κ3) is 4.25. The molecule has 0 aliphatic heterocycles. The first-order chi connectivity index (χ1) is 9.14. The van der Waals surface area contributed by atoms with Crippen molar-refractivity contribution in [1.29, 1.82) is 0 Å². The topological polar surface area (TPSA) is 38.3 Å². The third-order valence-electron chi connectivity index (χ3n) is 3.10. The van der Waals surface area contributed by atoms with E-state index in [0.29, 0.717) is 18.4 Å². The Bertz CT molecular complexity index is 419. The van der Waals surface area contributed by atoms with Crippen molar-refractivity contribution < 1.29 is 9.53 Å². The monoisotopic (exact) mass is 279 g/mol. The standard InChI is InChI=1S/C15H21NO2S/c1-3-18-14(17)15(2,16-12-9-10-12)11-19-13-7-5-4-6-8-13/h4-8,12,16H,3,9-11H2,1-2H3. The van der Waals surface area contributed by atoms with Crippen LogP contribution in [-0.4, -0.2) is 29.9 Å². The van der Waals surface area contributed by atoms with Gasteiger partial charge in [0.1, 0.15) is 5.54 Å². The van der Waals surface area contributed by atoms with Crippen molar-refractivity contribution in [3.8, 4) is 0 Å². The lowest BCUT2D eigenvalue weighted by Crippen LogP contribution is -2.53. The van der Waals surface area contributed by atoms with Gasteiger partial charge in [0.05, 0.1) is 6.61 Å². The van der Waals surface area contributed by atoms with Gasteiger partial charge in [-0.25, -0.2) is 0 Å². The number of esters is 1. The molecular formula is C15H21NO2S. The van der Waals surface area contributed by atoms with E-state index >= 15 is 0 Å². The smallest absolute Gasteiger partial charge is 0.326 e. The average Bonchev–Trinajstić information content (AvgIpc) is 3.22. The van der Waals surface area contributed by atoms with Crippen molar-refractivity contribution >= 4 is 17.7 Å². The molecule has 1 aromatic carbocycles. The van der Waals surface area contributed by atoms with Crippen LogP contribution in [0.2, 0.25) is 0 Å². The van der Waals surface area contributed by atoms with Crippen LogP contribution in [0.25, 0.3) is 0 Å². The van der Waals surface area contributed by atoms with E-state index in [0.717, 1.165) is 12.8 Å². The fourth-order valence-corrected chi connectivity index (χ4v) is 2.88. The first-order valence-electron chi connectivity index (χ1n) is 6.77. The largest absolute Gasteiger partial charge is 0.465 e. The van der Waals surface area contributed by atoms with Crippen molar-refractivity contribution in [3.63, 3.8) is 0 Å². The van der Waals surface area contributed by atoms with E-state index in [1.807, 2.05) is 32.0 Å². The second-order valence-corrected chi connectivity index (χ2v) is 6.12. The lowest BCUT2D eigenvalue weighted by molar-refractivity contribution is -0.149. The Morgan fingerprint density at radius 2 is 2.11 bits per heavy atom. The highest BCUT2D eigenvalue weighted by molar-refractivity contribution is 7.99. The molecule has 1 aromatic rings. The van der Waals surface area contributed by atoms with Crippen molar-refractivity contribution in [2.75, 3.05) is 12.4 Å². The van der Waals surface area contributed by atoms with Crippen LogP contribution in [0.5, 0.6) is 0 Å². The third-order valence-corrected chi connectivity index (χ3v) is 4.42. The summed E-state index contributed by atoms with van der Waals surface area (Å²) >= 11 is 1.69. The normalized spacial score (nSPS) is 17.8. The van der Waals surface area contributed by atoms with Crippen LogP contribution in [0.4, 0.5) is 0 Å². The molecule has 0 bridgehead atoms. The van der Waals surface area contributed by atoms with Crippen LogP contribution in [0.3, 0.4) is 0 Å². The Morgan fingerprint density at radius 1 is 1.42 bits per heavy atom. The minimum absolute atomic E-state index is 0.148. The highest BCUT2D eigenvalue weighted by Crippen LogP contribution is 2.28. The Morgan fingerprint density at radius 3 is 2.68 bits per heavy atom. The number of nitrogens with one attached hydrogen (secondary N) is 1. The molecule has 3 nitrogen and oxygen atoms in total. The Labute approximate surface area is 119 Å². The number of hydrogen-bond acceptors (Lipinski definition) is 4. The van der Waals surface area contributed by atoms with E-state index in [9.17, 15) is 4.79 Å². The van der Waals surface area contributed by atoms with Crippen LogP contribution >= 0.6 is 11.8 Å². The van der Waals surface area contributed by atoms with Crippen LogP contribution < -0.4 is 5.32 Å². The van der Waals surface area contributed by atoms with E-state index in [1.54, 1.807) is 11.8 Å². The number of thioether (sulfide) groups is 1. The van der Waals surface area contributed by atoms with Gasteiger partial charge in [-0.15, -0.1) is 11.8 Å². The molecule has 0 amide bonds. The summed E-state index contributed by atoms with van der Waals surface area (Å²) < 4.78 is 5.21. The molecule has 19 heavy (non-hydrogen) atoms. The zero-order valence-corrected chi connectivity index (χ0v) is 12.3. The summed E-state index contributed by atoms with van der Waals surface area (Å²) in [6.07, 6.45) is 2.32. The second-order valence-electron chi connectivity index (χ2n) is 5.07. The molecule has 0 saturated heterocycles. The summed E-state index contributed by atoms with van der Waals surface area (Å²) in [6, 6.07) is 10.6. The van der Waals surface area contributed by atoms with Gasteiger partial charge >= 0.3 is 5.97 Å². The van der Waals surface area contributed by atoms with Gasteiger partial charge in [0.2, 0.25) is 0 Å². The molecule has 1 unspecified atom stereocenters. The minimum Gasteiger partial charge on any atom is -0.465 e. The average molecular weight is 279 g/mol. The van der Waals surface area contributed by atoms with Crippen LogP contribution in [0.15, 0.2) is 35.2 Å². The van der Waals surface area contributed by atoms with Gasteiger partial charge in [-0.2, -0.15) is 0 Å². The molecule has 0 radical (unpaired) electrons. The van der Waals surface area contributed by atoms with Crippen molar-refractivity contribution in [1.82, 2.24) is 5.32 Å². The van der Waals surface area contributed by atoms with Gasteiger partial charge in [0, 0.05) is 16.7 Å². The number of carbonyl (C=O) groups is 1. The molecule has 0 aromatic heterocycles. The lowest BCUT2D eigenvalue weighted by atomic mass is 10.1. The molecular weight excluding hydrogens is 258 g/mol. The van der Waals surface area contributed by atoms with Crippen LogP contribution in [0.1, 0.15) is 26.7 Å². The number of hydrogen-bond donors (Lipinski definition) is 1. The fourth-order valence-electron chi connectivity index (χ4n) is 1.87. The van der Waals surface area contributed by atoms with E-state index in [2.05, 4.69) is 17.4 Å². The van der Waals surface area contributed by atoms with Gasteiger partial charge in [-0.3, -0.25) is 10.1 Å². The molecule has 1 saturated carbocycles. The predicted octanol–water partition coefficient (Wildman–Crippen LogP) is 2.85. The van der Waals surface area contributed by atoms with E-state index in [-0.39, 0.29) is 5.97 Å². The SMILES string of the molecule is CCOC(=O)C(C)(CSc1ccccc1)NC1CC1. The molecule has 1 aliphatic carbocycles. The molecule has 1 aliphatic rings. The molecule has 0 spiro atoms.